The first-order valence-electron chi connectivity index (χ1n) is 10.5. The Balaban J connectivity index is 1.64. The van der Waals surface area contributed by atoms with E-state index in [9.17, 15) is 18.0 Å². The normalized spacial score (nSPS) is 17.9. The minimum atomic E-state index is -4.56. The Hall–Kier alpha value is -2.91. The predicted molar refractivity (Wildman–Crippen MR) is 111 cm³/mol. The summed E-state index contributed by atoms with van der Waals surface area (Å²) in [6.45, 7) is 8.32. The highest BCUT2D eigenvalue weighted by atomic mass is 19.4. The molecule has 1 aliphatic rings. The summed E-state index contributed by atoms with van der Waals surface area (Å²) in [5.41, 5.74) is 0.541. The minimum absolute atomic E-state index is 0.116. The highest BCUT2D eigenvalue weighted by Crippen LogP contribution is 2.38. The van der Waals surface area contributed by atoms with Crippen molar-refractivity contribution in [2.45, 2.75) is 58.0 Å². The largest absolute Gasteiger partial charge is 0.417 e. The summed E-state index contributed by atoms with van der Waals surface area (Å²) in [6.07, 6.45) is -3.27. The van der Waals surface area contributed by atoms with Crippen LogP contribution < -0.4 is 0 Å². The van der Waals surface area contributed by atoms with E-state index in [0.29, 0.717) is 25.1 Å². The Morgan fingerprint density at radius 3 is 2.56 bits per heavy atom. The fourth-order valence-electron chi connectivity index (χ4n) is 4.15. The molecule has 4 heterocycles. The van der Waals surface area contributed by atoms with Crippen LogP contribution >= 0.6 is 0 Å². The number of piperidine rings is 1. The number of carbonyl (C=O) groups is 1. The zero-order valence-corrected chi connectivity index (χ0v) is 18.7. The van der Waals surface area contributed by atoms with Crippen LogP contribution in [0.15, 0.2) is 16.7 Å². The third kappa shape index (κ3) is 3.98. The van der Waals surface area contributed by atoms with Crippen molar-refractivity contribution in [2.75, 3.05) is 13.1 Å². The molecule has 3 aromatic rings. The number of hydrogen-bond donors (Lipinski definition) is 0. The topological polar surface area (TPSA) is 77.1 Å². The van der Waals surface area contributed by atoms with E-state index in [1.165, 1.54) is 6.92 Å². The highest BCUT2D eigenvalue weighted by Gasteiger charge is 2.37. The molecule has 0 aromatic carbocycles. The van der Waals surface area contributed by atoms with Gasteiger partial charge in [-0.1, -0.05) is 25.9 Å². The molecular formula is C22H26F3N5O2. The standard InChI is InChI=1S/C22H26F3N5O2/c1-12-18-14(22(23,24)25)9-15(26-19(18)32-28-12)13-7-6-8-30(11-13)20(31)16-10-17(21(2,3)4)27-29(16)5/h9-10,13H,6-8,11H2,1-5H3. The lowest BCUT2D eigenvalue weighted by molar-refractivity contribution is -0.136. The zero-order valence-electron chi connectivity index (χ0n) is 18.7. The molecule has 0 spiro atoms. The number of rotatable bonds is 2. The van der Waals surface area contributed by atoms with Gasteiger partial charge in [-0.15, -0.1) is 0 Å². The lowest BCUT2D eigenvalue weighted by atomic mass is 9.91. The van der Waals surface area contributed by atoms with E-state index in [-0.39, 0.29) is 46.3 Å². The Morgan fingerprint density at radius 2 is 1.94 bits per heavy atom. The summed E-state index contributed by atoms with van der Waals surface area (Å²) < 4.78 is 47.8. The Morgan fingerprint density at radius 1 is 1.22 bits per heavy atom. The van der Waals surface area contributed by atoms with Crippen LogP contribution in [-0.4, -0.2) is 43.8 Å². The second kappa shape index (κ2) is 7.60. The molecule has 1 amide bonds. The smallest absolute Gasteiger partial charge is 0.337 e. The molecule has 32 heavy (non-hydrogen) atoms. The number of carbonyl (C=O) groups excluding carboxylic acids is 1. The molecule has 1 unspecified atom stereocenters. The number of aromatic nitrogens is 4. The summed E-state index contributed by atoms with van der Waals surface area (Å²) in [5.74, 6) is -0.522. The van der Waals surface area contributed by atoms with Crippen molar-refractivity contribution in [1.29, 1.82) is 0 Å². The molecule has 3 aromatic heterocycles. The maximum atomic E-state index is 13.7. The van der Waals surface area contributed by atoms with Crippen LogP contribution in [0.25, 0.3) is 11.1 Å². The Bertz CT molecular complexity index is 1170. The lowest BCUT2D eigenvalue weighted by Crippen LogP contribution is -2.40. The summed E-state index contributed by atoms with van der Waals surface area (Å²) in [6, 6.07) is 2.86. The Labute approximate surface area is 183 Å². The van der Waals surface area contributed by atoms with Gasteiger partial charge in [-0.05, 0) is 31.9 Å². The van der Waals surface area contributed by atoms with Crippen molar-refractivity contribution < 1.29 is 22.5 Å². The van der Waals surface area contributed by atoms with Crippen LogP contribution in [0.2, 0.25) is 0 Å². The molecule has 0 saturated carbocycles. The van der Waals surface area contributed by atoms with Gasteiger partial charge in [0.05, 0.1) is 28.0 Å². The summed E-state index contributed by atoms with van der Waals surface area (Å²) in [7, 11) is 1.72. The third-order valence-electron chi connectivity index (χ3n) is 5.94. The number of pyridine rings is 1. The van der Waals surface area contributed by atoms with Gasteiger partial charge in [0.15, 0.2) is 0 Å². The number of alkyl halides is 3. The van der Waals surface area contributed by atoms with Gasteiger partial charge in [0, 0.05) is 31.5 Å². The van der Waals surface area contributed by atoms with E-state index < -0.39 is 11.7 Å². The van der Waals surface area contributed by atoms with E-state index in [0.717, 1.165) is 11.8 Å². The Kier molecular flexibility index (Phi) is 5.29. The minimum Gasteiger partial charge on any atom is -0.337 e. The van der Waals surface area contributed by atoms with Crippen molar-refractivity contribution in [3.8, 4) is 0 Å². The second-order valence-corrected chi connectivity index (χ2v) is 9.42. The first kappa shape index (κ1) is 22.3. The van der Waals surface area contributed by atoms with E-state index in [1.807, 2.05) is 20.8 Å². The van der Waals surface area contributed by atoms with Crippen LogP contribution in [0.1, 0.15) is 72.7 Å². The molecule has 10 heteroatoms. The van der Waals surface area contributed by atoms with Gasteiger partial charge in [-0.3, -0.25) is 9.48 Å². The molecule has 1 aliphatic heterocycles. The molecule has 1 saturated heterocycles. The van der Waals surface area contributed by atoms with Gasteiger partial charge >= 0.3 is 6.18 Å². The molecule has 1 fully saturated rings. The fourth-order valence-corrected chi connectivity index (χ4v) is 4.15. The van der Waals surface area contributed by atoms with Gasteiger partial charge in [0.25, 0.3) is 11.6 Å². The summed E-state index contributed by atoms with van der Waals surface area (Å²) >= 11 is 0. The molecular weight excluding hydrogens is 423 g/mol. The van der Waals surface area contributed by atoms with E-state index >= 15 is 0 Å². The van der Waals surface area contributed by atoms with E-state index in [2.05, 4.69) is 15.2 Å². The summed E-state index contributed by atoms with van der Waals surface area (Å²) in [4.78, 5) is 19.2. The molecule has 0 bridgehead atoms. The molecule has 4 rings (SSSR count). The number of likely N-dealkylation sites (tertiary alicyclic amines) is 1. The number of halogens is 3. The first-order chi connectivity index (χ1) is 14.9. The highest BCUT2D eigenvalue weighted by molar-refractivity contribution is 5.93. The third-order valence-corrected chi connectivity index (χ3v) is 5.94. The van der Waals surface area contributed by atoms with Crippen LogP contribution in [0.3, 0.4) is 0 Å². The molecule has 7 nitrogen and oxygen atoms in total. The maximum absolute atomic E-state index is 13.7. The zero-order chi connectivity index (χ0) is 23.4. The van der Waals surface area contributed by atoms with Crippen molar-refractivity contribution >= 4 is 17.0 Å². The quantitative estimate of drug-likeness (QED) is 0.572. The lowest BCUT2D eigenvalue weighted by Gasteiger charge is -2.32. The predicted octanol–water partition coefficient (Wildman–Crippen LogP) is 4.60. The van der Waals surface area contributed by atoms with Gasteiger partial charge < -0.3 is 9.42 Å². The maximum Gasteiger partial charge on any atom is 0.417 e. The van der Waals surface area contributed by atoms with Crippen molar-refractivity contribution in [3.63, 3.8) is 0 Å². The van der Waals surface area contributed by atoms with E-state index in [4.69, 9.17) is 4.52 Å². The van der Waals surface area contributed by atoms with E-state index in [1.54, 1.807) is 22.7 Å². The number of fused-ring (bicyclic) bond motifs is 1. The molecule has 172 valence electrons. The van der Waals surface area contributed by atoms with Gasteiger partial charge in [0.2, 0.25) is 0 Å². The average Bonchev–Trinajstić information content (AvgIpc) is 3.29. The van der Waals surface area contributed by atoms with Crippen LogP contribution in [0, 0.1) is 6.92 Å². The first-order valence-corrected chi connectivity index (χ1v) is 10.5. The number of hydrogen-bond acceptors (Lipinski definition) is 5. The van der Waals surface area contributed by atoms with Crippen molar-refractivity contribution in [3.05, 3.63) is 40.5 Å². The average molecular weight is 449 g/mol. The number of aryl methyl sites for hydroxylation is 2. The molecule has 1 atom stereocenters. The van der Waals surface area contributed by atoms with Crippen molar-refractivity contribution in [2.24, 2.45) is 7.05 Å². The van der Waals surface area contributed by atoms with Crippen molar-refractivity contribution in [1.82, 2.24) is 24.8 Å². The van der Waals surface area contributed by atoms with Crippen LogP contribution in [0.4, 0.5) is 13.2 Å². The SMILES string of the molecule is Cc1noc2nc(C3CCCN(C(=O)c4cc(C(C)(C)C)nn4C)C3)cc(C(F)(F)F)c12. The molecule has 0 N–H and O–H groups in total. The molecule has 0 aliphatic carbocycles. The number of nitrogens with zero attached hydrogens (tertiary/aromatic N) is 5. The van der Waals surface area contributed by atoms with Crippen LogP contribution in [0.5, 0.6) is 0 Å². The fraction of sp³-hybridized carbons (Fsp3) is 0.545. The molecule has 0 radical (unpaired) electrons. The van der Waals surface area contributed by atoms with Crippen LogP contribution in [-0.2, 0) is 18.6 Å². The van der Waals surface area contributed by atoms with Gasteiger partial charge in [-0.25, -0.2) is 4.98 Å². The van der Waals surface area contributed by atoms with Gasteiger partial charge in [0.1, 0.15) is 5.69 Å². The second-order valence-electron chi connectivity index (χ2n) is 9.42. The monoisotopic (exact) mass is 449 g/mol. The summed E-state index contributed by atoms with van der Waals surface area (Å²) in [5, 5.41) is 8.01. The van der Waals surface area contributed by atoms with Gasteiger partial charge in [-0.2, -0.15) is 18.3 Å². The number of amides is 1.